The molecule has 2 rings (SSSR count). The summed E-state index contributed by atoms with van der Waals surface area (Å²) < 4.78 is 27.7. The fourth-order valence-electron chi connectivity index (χ4n) is 2.76. The van der Waals surface area contributed by atoms with Crippen molar-refractivity contribution in [3.05, 3.63) is 22.7 Å². The first-order valence-electron chi connectivity index (χ1n) is 8.15. The number of nitrogens with two attached hydrogens (primary N) is 1. The molecular weight excluding hydrogens is 378 g/mol. The number of carbonyl (C=O) groups excluding carboxylic acids is 3. The van der Waals surface area contributed by atoms with Crippen LogP contribution < -0.4 is 11.4 Å². The highest BCUT2D eigenvalue weighted by Gasteiger charge is 2.61. The second kappa shape index (κ2) is 8.35. The third-order valence-corrected chi connectivity index (χ3v) is 3.88. The van der Waals surface area contributed by atoms with Crippen molar-refractivity contribution < 1.29 is 38.1 Å². The minimum absolute atomic E-state index is 0.0299. The van der Waals surface area contributed by atoms with Crippen LogP contribution in [0, 0.1) is 0 Å². The predicted octanol–water partition coefficient (Wildman–Crippen LogP) is -0.876. The van der Waals surface area contributed by atoms with Gasteiger partial charge < -0.3 is 29.4 Å². The molecule has 12 nitrogen and oxygen atoms in total. The zero-order valence-corrected chi connectivity index (χ0v) is 15.7. The number of hydrogen-bond donors (Lipinski definition) is 1. The zero-order valence-electron chi connectivity index (χ0n) is 15.7. The van der Waals surface area contributed by atoms with Crippen molar-refractivity contribution >= 4 is 23.7 Å². The first-order chi connectivity index (χ1) is 13.1. The highest BCUT2D eigenvalue weighted by molar-refractivity contribution is 5.68. The van der Waals surface area contributed by atoms with Crippen molar-refractivity contribution in [2.75, 3.05) is 19.5 Å². The van der Waals surface area contributed by atoms with Gasteiger partial charge in [-0.25, -0.2) is 4.79 Å². The first kappa shape index (κ1) is 21.3. The molecule has 1 aromatic heterocycles. The van der Waals surface area contributed by atoms with Crippen molar-refractivity contribution in [1.29, 1.82) is 0 Å². The normalized spacial score (nSPS) is 26.5. The SMILES string of the molecule is CO[C@]1(COC(C)=O)O[C@@H](n2ccc(N)nc2=O)[C@H](OC(C)=O)[C@@H]1OC(C)=O. The van der Waals surface area contributed by atoms with E-state index in [1.165, 1.54) is 19.4 Å². The van der Waals surface area contributed by atoms with Gasteiger partial charge in [-0.05, 0) is 6.07 Å². The number of methoxy groups -OCH3 is 1. The number of rotatable bonds is 6. The van der Waals surface area contributed by atoms with Crippen LogP contribution in [-0.4, -0.2) is 59.2 Å². The fourth-order valence-corrected chi connectivity index (χ4v) is 2.76. The topological polar surface area (TPSA) is 158 Å². The van der Waals surface area contributed by atoms with Gasteiger partial charge in [0.15, 0.2) is 12.3 Å². The third kappa shape index (κ3) is 4.46. The summed E-state index contributed by atoms with van der Waals surface area (Å²) in [4.78, 5) is 50.4. The van der Waals surface area contributed by atoms with Crippen LogP contribution >= 0.6 is 0 Å². The number of anilines is 1. The monoisotopic (exact) mass is 399 g/mol. The van der Waals surface area contributed by atoms with E-state index in [0.717, 1.165) is 25.3 Å². The van der Waals surface area contributed by atoms with E-state index in [0.29, 0.717) is 0 Å². The molecule has 1 fully saturated rings. The van der Waals surface area contributed by atoms with Crippen LogP contribution in [0.2, 0.25) is 0 Å². The van der Waals surface area contributed by atoms with Crippen molar-refractivity contribution in [2.45, 2.75) is 45.0 Å². The molecule has 0 amide bonds. The number of nitrogen functional groups attached to an aromatic ring is 1. The second-order valence-corrected chi connectivity index (χ2v) is 5.95. The molecule has 12 heteroatoms. The van der Waals surface area contributed by atoms with Gasteiger partial charge in [-0.3, -0.25) is 19.0 Å². The van der Waals surface area contributed by atoms with Crippen LogP contribution in [0.5, 0.6) is 0 Å². The fraction of sp³-hybridized carbons (Fsp3) is 0.562. The molecule has 28 heavy (non-hydrogen) atoms. The van der Waals surface area contributed by atoms with Crippen molar-refractivity contribution in [2.24, 2.45) is 0 Å². The van der Waals surface area contributed by atoms with Crippen LogP contribution in [-0.2, 0) is 38.1 Å². The molecular formula is C16H21N3O9. The Morgan fingerprint density at radius 3 is 2.36 bits per heavy atom. The van der Waals surface area contributed by atoms with Gasteiger partial charge in [-0.15, -0.1) is 0 Å². The molecule has 0 radical (unpaired) electrons. The molecule has 2 heterocycles. The van der Waals surface area contributed by atoms with Crippen molar-refractivity contribution in [3.63, 3.8) is 0 Å². The summed E-state index contributed by atoms with van der Waals surface area (Å²) >= 11 is 0. The molecule has 1 aliphatic rings. The first-order valence-corrected chi connectivity index (χ1v) is 8.15. The van der Waals surface area contributed by atoms with E-state index in [-0.39, 0.29) is 5.82 Å². The Morgan fingerprint density at radius 1 is 1.21 bits per heavy atom. The largest absolute Gasteiger partial charge is 0.460 e. The van der Waals surface area contributed by atoms with Gasteiger partial charge in [0, 0.05) is 34.1 Å². The van der Waals surface area contributed by atoms with Gasteiger partial charge in [-0.2, -0.15) is 4.98 Å². The maximum absolute atomic E-state index is 12.3. The highest BCUT2D eigenvalue weighted by Crippen LogP contribution is 2.41. The molecule has 0 spiro atoms. The molecule has 0 saturated carbocycles. The number of nitrogens with zero attached hydrogens (tertiary/aromatic N) is 2. The Morgan fingerprint density at radius 2 is 1.86 bits per heavy atom. The number of aromatic nitrogens is 2. The van der Waals surface area contributed by atoms with E-state index in [4.69, 9.17) is 29.4 Å². The van der Waals surface area contributed by atoms with Crippen LogP contribution in [0.1, 0.15) is 27.0 Å². The van der Waals surface area contributed by atoms with Gasteiger partial charge in [-0.1, -0.05) is 0 Å². The lowest BCUT2D eigenvalue weighted by atomic mass is 10.1. The van der Waals surface area contributed by atoms with E-state index in [1.807, 2.05) is 0 Å². The quantitative estimate of drug-likeness (QED) is 0.468. The standard InChI is InChI=1S/C16H21N3O9/c1-8(20)25-7-16(24-4)13(27-10(3)22)12(26-9(2)21)14(28-16)19-6-5-11(17)18-15(19)23/h5-6,12-14H,7H2,1-4H3,(H2,17,18,23)/t12-,13+,14-,16-/m1/s1. The second-order valence-electron chi connectivity index (χ2n) is 5.95. The Kier molecular flexibility index (Phi) is 6.36. The van der Waals surface area contributed by atoms with E-state index in [1.54, 1.807) is 0 Å². The number of carbonyl (C=O) groups is 3. The van der Waals surface area contributed by atoms with E-state index in [9.17, 15) is 19.2 Å². The van der Waals surface area contributed by atoms with Gasteiger partial charge in [0.25, 0.3) is 0 Å². The van der Waals surface area contributed by atoms with Crippen molar-refractivity contribution in [3.8, 4) is 0 Å². The van der Waals surface area contributed by atoms with E-state index < -0.39 is 54.4 Å². The minimum atomic E-state index is -1.84. The summed E-state index contributed by atoms with van der Waals surface area (Å²) in [5.41, 5.74) is 4.69. The van der Waals surface area contributed by atoms with E-state index >= 15 is 0 Å². The molecule has 4 atom stereocenters. The van der Waals surface area contributed by atoms with Crippen LogP contribution in [0.3, 0.4) is 0 Å². The molecule has 1 aromatic rings. The predicted molar refractivity (Wildman–Crippen MR) is 90.5 cm³/mol. The molecule has 0 aliphatic carbocycles. The molecule has 2 N–H and O–H groups in total. The van der Waals surface area contributed by atoms with E-state index in [2.05, 4.69) is 4.98 Å². The average Bonchev–Trinajstić information content (AvgIpc) is 2.86. The average molecular weight is 399 g/mol. The summed E-state index contributed by atoms with van der Waals surface area (Å²) in [5.74, 6) is -3.99. The van der Waals surface area contributed by atoms with Gasteiger partial charge in [0.05, 0.1) is 0 Å². The third-order valence-electron chi connectivity index (χ3n) is 3.88. The van der Waals surface area contributed by atoms with Gasteiger partial charge >= 0.3 is 23.6 Å². The summed E-state index contributed by atoms with van der Waals surface area (Å²) in [5, 5.41) is 0. The van der Waals surface area contributed by atoms with Crippen molar-refractivity contribution in [1.82, 2.24) is 9.55 Å². The lowest BCUT2D eigenvalue weighted by molar-refractivity contribution is -0.275. The Balaban J connectivity index is 2.56. The highest BCUT2D eigenvalue weighted by atomic mass is 16.8. The summed E-state index contributed by atoms with van der Waals surface area (Å²) in [6.07, 6.45) is -2.69. The summed E-state index contributed by atoms with van der Waals surface area (Å²) in [6.45, 7) is 2.92. The zero-order chi connectivity index (χ0) is 21.1. The number of hydrogen-bond acceptors (Lipinski definition) is 11. The molecule has 0 aromatic carbocycles. The maximum atomic E-state index is 12.3. The lowest BCUT2D eigenvalue weighted by Crippen LogP contribution is -2.51. The molecule has 1 aliphatic heterocycles. The van der Waals surface area contributed by atoms with Gasteiger partial charge in [0.2, 0.25) is 11.9 Å². The summed E-state index contributed by atoms with van der Waals surface area (Å²) in [7, 11) is 1.22. The minimum Gasteiger partial charge on any atom is -0.460 e. The van der Waals surface area contributed by atoms with Crippen LogP contribution in [0.4, 0.5) is 5.82 Å². The van der Waals surface area contributed by atoms with Gasteiger partial charge in [0.1, 0.15) is 12.4 Å². The number of esters is 3. The molecule has 0 bridgehead atoms. The maximum Gasteiger partial charge on any atom is 0.351 e. The summed E-state index contributed by atoms with van der Waals surface area (Å²) in [6, 6.07) is 1.33. The Bertz CT molecular complexity index is 824. The molecule has 154 valence electrons. The smallest absolute Gasteiger partial charge is 0.351 e. The number of ether oxygens (including phenoxy) is 5. The lowest BCUT2D eigenvalue weighted by Gasteiger charge is -2.31. The molecule has 1 saturated heterocycles. The Labute approximate surface area is 159 Å². The molecule has 0 unspecified atom stereocenters. The Hall–Kier alpha value is -2.99. The van der Waals surface area contributed by atoms with Crippen LogP contribution in [0.15, 0.2) is 17.1 Å². The van der Waals surface area contributed by atoms with Crippen LogP contribution in [0.25, 0.3) is 0 Å².